The Balaban J connectivity index is 0.00000289. The first-order chi connectivity index (χ1) is 7.96. The molecule has 0 saturated heterocycles. The van der Waals surface area contributed by atoms with Gasteiger partial charge in [0, 0.05) is 0 Å². The van der Waals surface area contributed by atoms with Gasteiger partial charge in [-0.1, -0.05) is 30.3 Å². The molecular weight excluding hydrogens is 266 g/mol. The number of carbonyl (C=O) groups is 1. The van der Waals surface area contributed by atoms with E-state index in [0.717, 1.165) is 0 Å². The maximum Gasteiger partial charge on any atom is 0.277 e. The van der Waals surface area contributed by atoms with Crippen LogP contribution in [0.15, 0.2) is 30.3 Å². The van der Waals surface area contributed by atoms with Crippen molar-refractivity contribution in [2.75, 3.05) is 13.1 Å². The molecule has 1 atom stereocenters. The van der Waals surface area contributed by atoms with Crippen LogP contribution in [0.5, 0.6) is 0 Å². The quantitative estimate of drug-likeness (QED) is 0.748. The van der Waals surface area contributed by atoms with E-state index < -0.39 is 31.0 Å². The van der Waals surface area contributed by atoms with Crippen molar-refractivity contribution in [2.45, 2.75) is 12.0 Å². The lowest BCUT2D eigenvalue weighted by Gasteiger charge is -2.16. The minimum absolute atomic E-state index is 0. The third kappa shape index (κ3) is 4.95. The monoisotopic (exact) mass is 280 g/mol. The Morgan fingerprint density at radius 1 is 1.39 bits per heavy atom. The number of amides is 1. The van der Waals surface area contributed by atoms with E-state index in [0.29, 0.717) is 5.56 Å². The largest absolute Gasteiger partial charge is 0.378 e. The highest BCUT2D eigenvalue weighted by Gasteiger charge is 2.28. The van der Waals surface area contributed by atoms with Crippen LogP contribution in [0.2, 0.25) is 0 Å². The van der Waals surface area contributed by atoms with E-state index in [1.165, 1.54) is 12.1 Å². The molecule has 1 aromatic rings. The molecule has 4 N–H and O–H groups in total. The molecule has 102 valence electrons. The van der Waals surface area contributed by atoms with E-state index in [1.54, 1.807) is 18.2 Å². The summed E-state index contributed by atoms with van der Waals surface area (Å²) in [5, 5.41) is 11.5. The van der Waals surface area contributed by atoms with Gasteiger partial charge in [-0.05, 0) is 5.56 Å². The Morgan fingerprint density at radius 2 is 1.94 bits per heavy atom. The Morgan fingerprint density at radius 3 is 2.44 bits per heavy atom. The molecule has 0 aliphatic carbocycles. The molecule has 0 aliphatic heterocycles. The molecule has 18 heavy (non-hydrogen) atoms. The van der Waals surface area contributed by atoms with Gasteiger partial charge in [-0.25, -0.2) is 8.78 Å². The number of aliphatic hydroxyl groups excluding tert-OH is 1. The summed E-state index contributed by atoms with van der Waals surface area (Å²) in [6.07, 6.45) is -1.45. The molecule has 1 unspecified atom stereocenters. The molecule has 0 aliphatic rings. The molecule has 0 radical (unpaired) electrons. The summed E-state index contributed by atoms with van der Waals surface area (Å²) in [5.74, 6) is -4.03. The molecule has 1 amide bonds. The zero-order valence-corrected chi connectivity index (χ0v) is 10.3. The number of aliphatic hydroxyl groups is 1. The minimum atomic E-state index is -3.16. The number of nitrogens with one attached hydrogen (secondary N) is 1. The van der Waals surface area contributed by atoms with Gasteiger partial charge in [0.15, 0.2) is 6.10 Å². The second kappa shape index (κ2) is 7.25. The van der Waals surface area contributed by atoms with Crippen molar-refractivity contribution in [2.24, 2.45) is 5.73 Å². The molecule has 0 spiro atoms. The second-order valence-electron chi connectivity index (χ2n) is 3.59. The number of hydrogen-bond acceptors (Lipinski definition) is 3. The summed E-state index contributed by atoms with van der Waals surface area (Å²) in [4.78, 5) is 11.4. The molecule has 7 heteroatoms. The van der Waals surface area contributed by atoms with E-state index in [1.807, 2.05) is 5.32 Å². The molecule has 1 rings (SSSR count). The fourth-order valence-corrected chi connectivity index (χ4v) is 1.17. The van der Waals surface area contributed by atoms with Gasteiger partial charge in [0.2, 0.25) is 0 Å². The molecule has 4 nitrogen and oxygen atoms in total. The number of alkyl halides is 2. The number of hydrogen-bond donors (Lipinski definition) is 3. The summed E-state index contributed by atoms with van der Waals surface area (Å²) in [7, 11) is 0. The van der Waals surface area contributed by atoms with Gasteiger partial charge < -0.3 is 16.2 Å². The summed E-state index contributed by atoms with van der Waals surface area (Å²) in [5.41, 5.74) is 5.16. The number of nitrogens with two attached hydrogens (primary N) is 1. The minimum Gasteiger partial charge on any atom is -0.378 e. The molecule has 0 bridgehead atoms. The van der Waals surface area contributed by atoms with Gasteiger partial charge in [-0.2, -0.15) is 0 Å². The fourth-order valence-electron chi connectivity index (χ4n) is 1.17. The van der Waals surface area contributed by atoms with Gasteiger partial charge >= 0.3 is 0 Å². The van der Waals surface area contributed by atoms with Crippen LogP contribution >= 0.6 is 12.4 Å². The van der Waals surface area contributed by atoms with Crippen molar-refractivity contribution in [3.05, 3.63) is 35.9 Å². The third-order valence-electron chi connectivity index (χ3n) is 2.18. The Hall–Kier alpha value is -1.24. The summed E-state index contributed by atoms with van der Waals surface area (Å²) < 4.78 is 25.5. The highest BCUT2D eigenvalue weighted by Crippen LogP contribution is 2.13. The average molecular weight is 281 g/mol. The smallest absolute Gasteiger partial charge is 0.277 e. The van der Waals surface area contributed by atoms with Crippen molar-refractivity contribution in [1.82, 2.24) is 5.32 Å². The summed E-state index contributed by atoms with van der Waals surface area (Å²) in [6.45, 7) is -1.74. The number of halogens is 3. The normalized spacial score (nSPS) is 12.4. The van der Waals surface area contributed by atoms with Crippen molar-refractivity contribution in [3.8, 4) is 0 Å². The standard InChI is InChI=1S/C11H14F2N2O2.ClH/c12-11(13,6-14)7-15-10(17)9(16)8-4-2-1-3-5-8;/h1-5,9,16H,6-7,14H2,(H,15,17);1H. The predicted molar refractivity (Wildman–Crippen MR) is 65.7 cm³/mol. The fraction of sp³-hybridized carbons (Fsp3) is 0.364. The molecule has 0 heterocycles. The van der Waals surface area contributed by atoms with E-state index in [4.69, 9.17) is 5.73 Å². The predicted octanol–water partition coefficient (Wildman–Crippen LogP) is 0.852. The molecule has 0 aromatic heterocycles. The van der Waals surface area contributed by atoms with Crippen LogP contribution in [0, 0.1) is 0 Å². The maximum absolute atomic E-state index is 12.8. The lowest BCUT2D eigenvalue weighted by molar-refractivity contribution is -0.131. The van der Waals surface area contributed by atoms with Crippen LogP contribution in [-0.4, -0.2) is 30.0 Å². The van der Waals surface area contributed by atoms with Crippen LogP contribution < -0.4 is 11.1 Å². The molecular formula is C11H15ClF2N2O2. The van der Waals surface area contributed by atoms with Crippen LogP contribution in [0.25, 0.3) is 0 Å². The zero-order valence-electron chi connectivity index (χ0n) is 9.48. The average Bonchev–Trinajstić information content (AvgIpc) is 2.36. The van der Waals surface area contributed by atoms with Crippen LogP contribution in [0.4, 0.5) is 8.78 Å². The Labute approximate surface area is 110 Å². The first-order valence-electron chi connectivity index (χ1n) is 5.05. The highest BCUT2D eigenvalue weighted by atomic mass is 35.5. The second-order valence-corrected chi connectivity index (χ2v) is 3.59. The summed E-state index contributed by atoms with van der Waals surface area (Å²) in [6, 6.07) is 8.06. The van der Waals surface area contributed by atoms with Crippen LogP contribution in [0.3, 0.4) is 0 Å². The third-order valence-corrected chi connectivity index (χ3v) is 2.18. The highest BCUT2D eigenvalue weighted by molar-refractivity contribution is 5.85. The van der Waals surface area contributed by atoms with Gasteiger partial charge in [-0.3, -0.25) is 4.79 Å². The lowest BCUT2D eigenvalue weighted by atomic mass is 10.1. The van der Waals surface area contributed by atoms with Crippen LogP contribution in [-0.2, 0) is 4.79 Å². The van der Waals surface area contributed by atoms with Crippen molar-refractivity contribution >= 4 is 18.3 Å². The van der Waals surface area contributed by atoms with Gasteiger partial charge in [0.25, 0.3) is 11.8 Å². The number of carbonyl (C=O) groups excluding carboxylic acids is 1. The van der Waals surface area contributed by atoms with Gasteiger partial charge in [0.05, 0.1) is 13.1 Å². The van der Waals surface area contributed by atoms with Gasteiger partial charge in [0.1, 0.15) is 0 Å². The molecule has 0 fully saturated rings. The lowest BCUT2D eigenvalue weighted by Crippen LogP contribution is -2.43. The molecule has 0 saturated carbocycles. The van der Waals surface area contributed by atoms with E-state index in [2.05, 4.69) is 0 Å². The van der Waals surface area contributed by atoms with Gasteiger partial charge in [-0.15, -0.1) is 12.4 Å². The van der Waals surface area contributed by atoms with E-state index in [-0.39, 0.29) is 12.4 Å². The topological polar surface area (TPSA) is 75.3 Å². The zero-order chi connectivity index (χ0) is 12.9. The maximum atomic E-state index is 12.8. The van der Waals surface area contributed by atoms with E-state index in [9.17, 15) is 18.7 Å². The van der Waals surface area contributed by atoms with Crippen molar-refractivity contribution in [1.29, 1.82) is 0 Å². The van der Waals surface area contributed by atoms with Crippen LogP contribution in [0.1, 0.15) is 11.7 Å². The Bertz CT molecular complexity index is 377. The number of benzene rings is 1. The SMILES string of the molecule is Cl.NCC(F)(F)CNC(=O)C(O)c1ccccc1. The van der Waals surface area contributed by atoms with E-state index >= 15 is 0 Å². The number of rotatable bonds is 5. The summed E-state index contributed by atoms with van der Waals surface area (Å²) >= 11 is 0. The Kier molecular flexibility index (Phi) is 6.75. The van der Waals surface area contributed by atoms with Crippen molar-refractivity contribution in [3.63, 3.8) is 0 Å². The van der Waals surface area contributed by atoms with Crippen molar-refractivity contribution < 1.29 is 18.7 Å². The molecule has 1 aromatic carbocycles. The first-order valence-corrected chi connectivity index (χ1v) is 5.05. The first kappa shape index (κ1) is 16.8.